The summed E-state index contributed by atoms with van der Waals surface area (Å²) in [5.41, 5.74) is 4.39. The Balaban J connectivity index is 1.94. The van der Waals surface area contributed by atoms with Crippen molar-refractivity contribution in [3.8, 4) is 0 Å². The highest BCUT2D eigenvalue weighted by atomic mass is 16.2. The number of benzene rings is 3. The van der Waals surface area contributed by atoms with E-state index in [1.165, 1.54) is 0 Å². The molecule has 0 N–H and O–H groups in total. The largest absolute Gasteiger partial charge is 0.293 e. The standard InChI is InChI=1S/C24H22O2/c1-17-8-12-19(13-9-17)16-22(23(25)20-6-4-3-5-7-20)24(26)21-14-10-18(2)11-15-21/h3-15,22H,16H2,1-2H3. The van der Waals surface area contributed by atoms with E-state index >= 15 is 0 Å². The first-order chi connectivity index (χ1) is 12.5. The van der Waals surface area contributed by atoms with Crippen LogP contribution in [0.2, 0.25) is 0 Å². The smallest absolute Gasteiger partial charge is 0.174 e. The van der Waals surface area contributed by atoms with Crippen molar-refractivity contribution in [2.45, 2.75) is 20.3 Å². The van der Waals surface area contributed by atoms with E-state index in [9.17, 15) is 9.59 Å². The molecule has 0 saturated carbocycles. The molecular formula is C24H22O2. The molecule has 0 aromatic heterocycles. The maximum atomic E-state index is 13.1. The van der Waals surface area contributed by atoms with Gasteiger partial charge < -0.3 is 0 Å². The molecule has 130 valence electrons. The number of hydrogen-bond acceptors (Lipinski definition) is 2. The first-order valence-electron chi connectivity index (χ1n) is 8.80. The molecular weight excluding hydrogens is 320 g/mol. The van der Waals surface area contributed by atoms with E-state index < -0.39 is 5.92 Å². The number of aryl methyl sites for hydroxylation is 2. The third kappa shape index (κ3) is 4.15. The Morgan fingerprint density at radius 2 is 1.12 bits per heavy atom. The fraction of sp³-hybridized carbons (Fsp3) is 0.167. The molecule has 1 unspecified atom stereocenters. The lowest BCUT2D eigenvalue weighted by Gasteiger charge is -2.16. The Kier molecular flexibility index (Phi) is 5.43. The summed E-state index contributed by atoms with van der Waals surface area (Å²) in [6.07, 6.45) is 0.403. The first-order valence-corrected chi connectivity index (χ1v) is 8.80. The van der Waals surface area contributed by atoms with Crippen LogP contribution in [0.15, 0.2) is 78.9 Å². The summed E-state index contributed by atoms with van der Waals surface area (Å²) in [5.74, 6) is -0.973. The zero-order chi connectivity index (χ0) is 18.5. The third-order valence-corrected chi connectivity index (χ3v) is 4.59. The second-order valence-corrected chi connectivity index (χ2v) is 6.70. The summed E-state index contributed by atoms with van der Waals surface area (Å²) < 4.78 is 0. The Morgan fingerprint density at radius 1 is 0.654 bits per heavy atom. The van der Waals surface area contributed by atoms with Gasteiger partial charge in [-0.3, -0.25) is 9.59 Å². The topological polar surface area (TPSA) is 34.1 Å². The van der Waals surface area contributed by atoms with Crippen LogP contribution in [0.3, 0.4) is 0 Å². The van der Waals surface area contributed by atoms with Crippen molar-refractivity contribution in [1.29, 1.82) is 0 Å². The molecule has 0 aliphatic rings. The van der Waals surface area contributed by atoms with Crippen LogP contribution in [0.1, 0.15) is 37.4 Å². The van der Waals surface area contributed by atoms with Gasteiger partial charge in [0.1, 0.15) is 0 Å². The molecule has 2 nitrogen and oxygen atoms in total. The molecule has 0 aliphatic carbocycles. The Hall–Kier alpha value is -3.00. The molecule has 1 atom stereocenters. The minimum atomic E-state index is -0.720. The van der Waals surface area contributed by atoms with E-state index in [4.69, 9.17) is 0 Å². The average Bonchev–Trinajstić information content (AvgIpc) is 2.68. The van der Waals surface area contributed by atoms with Crippen molar-refractivity contribution in [3.63, 3.8) is 0 Å². The lowest BCUT2D eigenvalue weighted by Crippen LogP contribution is -2.26. The van der Waals surface area contributed by atoms with Crippen molar-refractivity contribution in [1.82, 2.24) is 0 Å². The normalized spacial score (nSPS) is 11.8. The zero-order valence-corrected chi connectivity index (χ0v) is 15.1. The van der Waals surface area contributed by atoms with Gasteiger partial charge in [-0.2, -0.15) is 0 Å². The van der Waals surface area contributed by atoms with Gasteiger partial charge in [0.2, 0.25) is 0 Å². The second-order valence-electron chi connectivity index (χ2n) is 6.70. The monoisotopic (exact) mass is 342 g/mol. The van der Waals surface area contributed by atoms with Gasteiger partial charge in [0.25, 0.3) is 0 Å². The van der Waals surface area contributed by atoms with Gasteiger partial charge in [-0.15, -0.1) is 0 Å². The quantitative estimate of drug-likeness (QED) is 0.454. The minimum absolute atomic E-state index is 0.126. The van der Waals surface area contributed by atoms with Gasteiger partial charge in [-0.1, -0.05) is 90.0 Å². The highest BCUT2D eigenvalue weighted by molar-refractivity contribution is 6.16. The van der Waals surface area contributed by atoms with E-state index in [1.807, 2.05) is 68.4 Å². The summed E-state index contributed by atoms with van der Waals surface area (Å²) >= 11 is 0. The molecule has 0 aliphatic heterocycles. The van der Waals surface area contributed by atoms with E-state index in [0.29, 0.717) is 17.5 Å². The maximum Gasteiger partial charge on any atom is 0.174 e. The van der Waals surface area contributed by atoms with E-state index in [-0.39, 0.29) is 11.6 Å². The molecule has 3 aromatic carbocycles. The fourth-order valence-electron chi connectivity index (χ4n) is 2.99. The van der Waals surface area contributed by atoms with Gasteiger partial charge in [0, 0.05) is 11.1 Å². The summed E-state index contributed by atoms with van der Waals surface area (Å²) in [4.78, 5) is 26.2. The van der Waals surface area contributed by atoms with Crippen molar-refractivity contribution in [3.05, 3.63) is 107 Å². The number of Topliss-reactive ketones (excluding diaryl/α,β-unsaturated/α-hetero) is 2. The highest BCUT2D eigenvalue weighted by Gasteiger charge is 2.28. The average molecular weight is 342 g/mol. The van der Waals surface area contributed by atoms with Crippen LogP contribution < -0.4 is 0 Å². The maximum absolute atomic E-state index is 13.1. The molecule has 0 spiro atoms. The minimum Gasteiger partial charge on any atom is -0.293 e. The third-order valence-electron chi connectivity index (χ3n) is 4.59. The molecule has 0 bridgehead atoms. The molecule has 3 aromatic rings. The number of carbonyl (C=O) groups is 2. The van der Waals surface area contributed by atoms with Crippen LogP contribution in [-0.4, -0.2) is 11.6 Å². The van der Waals surface area contributed by atoms with Crippen LogP contribution in [0.5, 0.6) is 0 Å². The molecule has 0 saturated heterocycles. The molecule has 0 radical (unpaired) electrons. The SMILES string of the molecule is Cc1ccc(CC(C(=O)c2ccccc2)C(=O)c2ccc(C)cc2)cc1. The summed E-state index contributed by atoms with van der Waals surface area (Å²) in [7, 11) is 0. The van der Waals surface area contributed by atoms with Gasteiger partial charge in [0.05, 0.1) is 5.92 Å². The fourth-order valence-corrected chi connectivity index (χ4v) is 2.99. The predicted octanol–water partition coefficient (Wildman–Crippen LogP) is 5.23. The van der Waals surface area contributed by atoms with Crippen LogP contribution >= 0.6 is 0 Å². The zero-order valence-electron chi connectivity index (χ0n) is 15.1. The summed E-state index contributed by atoms with van der Waals surface area (Å²) in [6.45, 7) is 4.00. The van der Waals surface area contributed by atoms with Crippen molar-refractivity contribution < 1.29 is 9.59 Å². The Morgan fingerprint density at radius 3 is 1.65 bits per heavy atom. The Bertz CT molecular complexity index is 891. The van der Waals surface area contributed by atoms with Crippen molar-refractivity contribution >= 4 is 11.6 Å². The van der Waals surface area contributed by atoms with Gasteiger partial charge in [-0.05, 0) is 25.8 Å². The van der Waals surface area contributed by atoms with Gasteiger partial charge in [-0.25, -0.2) is 0 Å². The molecule has 26 heavy (non-hydrogen) atoms. The molecule has 2 heteroatoms. The molecule has 0 heterocycles. The van der Waals surface area contributed by atoms with Gasteiger partial charge in [0.15, 0.2) is 11.6 Å². The van der Waals surface area contributed by atoms with Crippen LogP contribution in [0.4, 0.5) is 0 Å². The van der Waals surface area contributed by atoms with Crippen molar-refractivity contribution in [2.24, 2.45) is 5.92 Å². The van der Waals surface area contributed by atoms with E-state index in [1.54, 1.807) is 24.3 Å². The highest BCUT2D eigenvalue weighted by Crippen LogP contribution is 2.21. The van der Waals surface area contributed by atoms with Crippen molar-refractivity contribution in [2.75, 3.05) is 0 Å². The summed E-state index contributed by atoms with van der Waals surface area (Å²) in [6, 6.07) is 24.5. The van der Waals surface area contributed by atoms with E-state index in [2.05, 4.69) is 0 Å². The predicted molar refractivity (Wildman–Crippen MR) is 105 cm³/mol. The number of hydrogen-bond donors (Lipinski definition) is 0. The Labute approximate surface area is 154 Å². The van der Waals surface area contributed by atoms with Crippen LogP contribution in [-0.2, 0) is 6.42 Å². The second kappa shape index (κ2) is 7.92. The summed E-state index contributed by atoms with van der Waals surface area (Å²) in [5, 5.41) is 0. The molecule has 0 fully saturated rings. The lowest BCUT2D eigenvalue weighted by atomic mass is 9.85. The lowest BCUT2D eigenvalue weighted by molar-refractivity contribution is 0.0806. The van der Waals surface area contributed by atoms with Gasteiger partial charge >= 0.3 is 0 Å². The van der Waals surface area contributed by atoms with E-state index in [0.717, 1.165) is 16.7 Å². The van der Waals surface area contributed by atoms with Crippen LogP contribution in [0.25, 0.3) is 0 Å². The number of carbonyl (C=O) groups excluding carboxylic acids is 2. The van der Waals surface area contributed by atoms with Crippen LogP contribution in [0, 0.1) is 19.8 Å². The molecule has 3 rings (SSSR count). The number of ketones is 2. The molecule has 0 amide bonds. The first kappa shape index (κ1) is 17.8. The number of rotatable bonds is 6.